The van der Waals surface area contributed by atoms with Crippen LogP contribution >= 0.6 is 12.4 Å². The number of hydrogen-bond donors (Lipinski definition) is 0. The van der Waals surface area contributed by atoms with E-state index in [4.69, 9.17) is 9.47 Å². The molecule has 0 aromatic heterocycles. The number of benzene rings is 2. The van der Waals surface area contributed by atoms with Crippen LogP contribution in [0.5, 0.6) is 0 Å². The molecule has 0 radical (unpaired) electrons. The Bertz CT molecular complexity index is 634. The Labute approximate surface area is 166 Å². The van der Waals surface area contributed by atoms with Gasteiger partial charge in [0.1, 0.15) is 0 Å². The van der Waals surface area contributed by atoms with Crippen LogP contribution in [0.3, 0.4) is 0 Å². The molecule has 0 amide bonds. The van der Waals surface area contributed by atoms with E-state index in [1.165, 1.54) is 0 Å². The number of halogens is 1. The van der Waals surface area contributed by atoms with Gasteiger partial charge in [0.15, 0.2) is 0 Å². The molecule has 0 aliphatic heterocycles. The van der Waals surface area contributed by atoms with Gasteiger partial charge in [0.25, 0.3) is 0 Å². The molecule has 0 unspecified atom stereocenters. The van der Waals surface area contributed by atoms with E-state index in [1.807, 2.05) is 60.7 Å². The Morgan fingerprint density at radius 2 is 1.15 bits per heavy atom. The summed E-state index contributed by atoms with van der Waals surface area (Å²) in [6.45, 7) is 4.71. The van der Waals surface area contributed by atoms with Gasteiger partial charge in [-0.1, -0.05) is 60.7 Å². The third-order valence-electron chi connectivity index (χ3n) is 3.84. The van der Waals surface area contributed by atoms with Gasteiger partial charge >= 0.3 is 11.9 Å². The van der Waals surface area contributed by atoms with Crippen molar-refractivity contribution in [2.45, 2.75) is 33.0 Å². The summed E-state index contributed by atoms with van der Waals surface area (Å²) in [4.78, 5) is 26.8. The highest BCUT2D eigenvalue weighted by Gasteiger charge is 2.35. The molecule has 0 aliphatic carbocycles. The van der Waals surface area contributed by atoms with Crippen molar-refractivity contribution in [3.8, 4) is 0 Å². The van der Waals surface area contributed by atoms with E-state index >= 15 is 0 Å². The molecule has 0 saturated carbocycles. The van der Waals surface area contributed by atoms with Crippen LogP contribution in [0.1, 0.15) is 25.0 Å². The van der Waals surface area contributed by atoms with Crippen LogP contribution in [0.2, 0.25) is 0 Å². The highest BCUT2D eigenvalue weighted by Crippen LogP contribution is 2.16. The molecule has 0 bridgehead atoms. The van der Waals surface area contributed by atoms with Gasteiger partial charge in [-0.3, -0.25) is 4.90 Å². The summed E-state index contributed by atoms with van der Waals surface area (Å²) in [6, 6.07) is 18.3. The van der Waals surface area contributed by atoms with E-state index in [1.54, 1.807) is 18.7 Å². The standard InChI is InChI=1S/C21H25NO4.ClH/c1-3-25-20(23)19(21(24)26-4-2)22(15-17-11-7-5-8-12-17)16-18-13-9-6-10-14-18;/h5-14,19H,3-4,15-16H2,1-2H3;1H. The molecule has 0 fully saturated rings. The average Bonchev–Trinajstić information content (AvgIpc) is 2.64. The van der Waals surface area contributed by atoms with Crippen molar-refractivity contribution in [3.05, 3.63) is 71.8 Å². The predicted octanol–water partition coefficient (Wildman–Crippen LogP) is 3.61. The monoisotopic (exact) mass is 391 g/mol. The van der Waals surface area contributed by atoms with Crippen molar-refractivity contribution >= 4 is 24.3 Å². The van der Waals surface area contributed by atoms with Crippen molar-refractivity contribution in [2.24, 2.45) is 0 Å². The second-order valence-corrected chi connectivity index (χ2v) is 5.78. The third kappa shape index (κ3) is 7.04. The van der Waals surface area contributed by atoms with E-state index in [2.05, 4.69) is 0 Å². The lowest BCUT2D eigenvalue weighted by Crippen LogP contribution is -2.47. The summed E-state index contributed by atoms with van der Waals surface area (Å²) in [7, 11) is 0. The minimum atomic E-state index is -1.10. The third-order valence-corrected chi connectivity index (χ3v) is 3.84. The van der Waals surface area contributed by atoms with E-state index in [0.29, 0.717) is 13.1 Å². The molecule has 6 heteroatoms. The molecule has 0 saturated heterocycles. The maximum absolute atomic E-state index is 12.5. The molecule has 0 spiro atoms. The smallest absolute Gasteiger partial charge is 0.335 e. The summed E-state index contributed by atoms with van der Waals surface area (Å²) < 4.78 is 10.3. The summed E-state index contributed by atoms with van der Waals surface area (Å²) in [5.41, 5.74) is 2.00. The first-order valence-corrected chi connectivity index (χ1v) is 8.80. The Morgan fingerprint density at radius 3 is 1.48 bits per heavy atom. The van der Waals surface area contributed by atoms with Crippen molar-refractivity contribution in [1.29, 1.82) is 0 Å². The number of carbonyl (C=O) groups is 2. The second kappa shape index (κ2) is 12.1. The van der Waals surface area contributed by atoms with Crippen LogP contribution in [0.4, 0.5) is 0 Å². The molecule has 2 rings (SSSR count). The van der Waals surface area contributed by atoms with E-state index in [-0.39, 0.29) is 25.6 Å². The molecule has 27 heavy (non-hydrogen) atoms. The van der Waals surface area contributed by atoms with Crippen molar-refractivity contribution < 1.29 is 19.1 Å². The summed E-state index contributed by atoms with van der Waals surface area (Å²) in [5, 5.41) is 0. The van der Waals surface area contributed by atoms with E-state index in [0.717, 1.165) is 11.1 Å². The highest BCUT2D eigenvalue weighted by molar-refractivity contribution is 5.99. The van der Waals surface area contributed by atoms with Crippen LogP contribution in [-0.2, 0) is 32.2 Å². The van der Waals surface area contributed by atoms with Gasteiger partial charge in [-0.25, -0.2) is 9.59 Å². The van der Waals surface area contributed by atoms with Gasteiger partial charge in [-0.15, -0.1) is 12.4 Å². The zero-order chi connectivity index (χ0) is 18.8. The molecule has 5 nitrogen and oxygen atoms in total. The van der Waals surface area contributed by atoms with Crippen molar-refractivity contribution in [1.82, 2.24) is 4.90 Å². The summed E-state index contributed by atoms with van der Waals surface area (Å²) in [6.07, 6.45) is 0. The molecule has 0 heterocycles. The van der Waals surface area contributed by atoms with Crippen LogP contribution in [0.25, 0.3) is 0 Å². The van der Waals surface area contributed by atoms with Gasteiger partial charge in [0.05, 0.1) is 13.2 Å². The van der Waals surface area contributed by atoms with Gasteiger partial charge in [0.2, 0.25) is 6.04 Å². The molecular weight excluding hydrogens is 366 g/mol. The molecule has 146 valence electrons. The molecule has 2 aromatic carbocycles. The van der Waals surface area contributed by atoms with Crippen molar-refractivity contribution in [2.75, 3.05) is 13.2 Å². The van der Waals surface area contributed by atoms with Crippen LogP contribution in [0, 0.1) is 0 Å². The number of carbonyl (C=O) groups excluding carboxylic acids is 2. The molecule has 0 aliphatic rings. The minimum Gasteiger partial charge on any atom is -0.464 e. The first kappa shape index (κ1) is 22.7. The zero-order valence-electron chi connectivity index (χ0n) is 15.7. The lowest BCUT2D eigenvalue weighted by Gasteiger charge is -2.28. The molecular formula is C21H26ClNO4. The van der Waals surface area contributed by atoms with Crippen LogP contribution < -0.4 is 0 Å². The summed E-state index contributed by atoms with van der Waals surface area (Å²) >= 11 is 0. The Morgan fingerprint density at radius 1 is 0.778 bits per heavy atom. The lowest BCUT2D eigenvalue weighted by molar-refractivity contribution is -0.164. The second-order valence-electron chi connectivity index (χ2n) is 5.78. The topological polar surface area (TPSA) is 55.8 Å². The van der Waals surface area contributed by atoms with Crippen molar-refractivity contribution in [3.63, 3.8) is 0 Å². The van der Waals surface area contributed by atoms with E-state index < -0.39 is 18.0 Å². The van der Waals surface area contributed by atoms with Gasteiger partial charge < -0.3 is 9.47 Å². The fourth-order valence-corrected chi connectivity index (χ4v) is 2.71. The first-order chi connectivity index (χ1) is 12.7. The van der Waals surface area contributed by atoms with E-state index in [9.17, 15) is 9.59 Å². The highest BCUT2D eigenvalue weighted by atomic mass is 35.5. The number of nitrogens with zero attached hydrogens (tertiary/aromatic N) is 1. The Balaban J connectivity index is 0.00000364. The van der Waals surface area contributed by atoms with Crippen LogP contribution in [-0.4, -0.2) is 36.1 Å². The Kier molecular flexibility index (Phi) is 10.2. The molecule has 0 atom stereocenters. The number of rotatable bonds is 9. The fraction of sp³-hybridized carbons (Fsp3) is 0.333. The molecule has 0 N–H and O–H groups in total. The van der Waals surface area contributed by atoms with Gasteiger partial charge in [-0.2, -0.15) is 0 Å². The summed E-state index contributed by atoms with van der Waals surface area (Å²) in [5.74, 6) is -1.17. The Hall–Kier alpha value is -2.37. The van der Waals surface area contributed by atoms with Gasteiger partial charge in [-0.05, 0) is 25.0 Å². The fourth-order valence-electron chi connectivity index (χ4n) is 2.71. The molecule has 2 aromatic rings. The zero-order valence-corrected chi connectivity index (χ0v) is 16.5. The largest absolute Gasteiger partial charge is 0.464 e. The average molecular weight is 392 g/mol. The number of esters is 2. The predicted molar refractivity (Wildman–Crippen MR) is 106 cm³/mol. The minimum absolute atomic E-state index is 0. The lowest BCUT2D eigenvalue weighted by atomic mass is 10.1. The van der Waals surface area contributed by atoms with Crippen LogP contribution in [0.15, 0.2) is 60.7 Å². The van der Waals surface area contributed by atoms with Gasteiger partial charge in [0, 0.05) is 13.1 Å². The maximum atomic E-state index is 12.5. The normalized spacial score (nSPS) is 10.4. The SMILES string of the molecule is CCOC(=O)C(C(=O)OCC)N(Cc1ccccc1)Cc1ccccc1.Cl. The number of ether oxygens (including phenoxy) is 2. The maximum Gasteiger partial charge on any atom is 0.335 e. The first-order valence-electron chi connectivity index (χ1n) is 8.80. The number of hydrogen-bond acceptors (Lipinski definition) is 5. The quantitative estimate of drug-likeness (QED) is 0.483.